The predicted molar refractivity (Wildman–Crippen MR) is 85.8 cm³/mol. The van der Waals surface area contributed by atoms with Crippen molar-refractivity contribution in [3.63, 3.8) is 0 Å². The zero-order valence-electron chi connectivity index (χ0n) is 10.5. The first-order valence-electron chi connectivity index (χ1n) is 5.84. The molecule has 19 heavy (non-hydrogen) atoms. The Morgan fingerprint density at radius 2 is 1.95 bits per heavy atom. The van der Waals surface area contributed by atoms with E-state index in [2.05, 4.69) is 27.5 Å². The molecule has 2 aromatic rings. The SMILES string of the molecule is CSCc1cccc(C(=O)Nc2ccc(Br)cc2)c1. The van der Waals surface area contributed by atoms with Gasteiger partial charge < -0.3 is 5.32 Å². The van der Waals surface area contributed by atoms with Crippen molar-refractivity contribution in [1.82, 2.24) is 0 Å². The largest absolute Gasteiger partial charge is 0.322 e. The molecule has 0 spiro atoms. The molecule has 0 unspecified atom stereocenters. The maximum Gasteiger partial charge on any atom is 0.255 e. The van der Waals surface area contributed by atoms with Crippen molar-refractivity contribution >= 4 is 39.3 Å². The summed E-state index contributed by atoms with van der Waals surface area (Å²) in [6.45, 7) is 0. The average Bonchev–Trinajstić information content (AvgIpc) is 2.42. The molecule has 0 aliphatic heterocycles. The van der Waals surface area contributed by atoms with Gasteiger partial charge in [-0.05, 0) is 48.2 Å². The Bertz CT molecular complexity index is 569. The molecule has 2 nitrogen and oxygen atoms in total. The van der Waals surface area contributed by atoms with Crippen molar-refractivity contribution in [2.75, 3.05) is 11.6 Å². The minimum absolute atomic E-state index is 0.0784. The third kappa shape index (κ3) is 4.11. The minimum Gasteiger partial charge on any atom is -0.322 e. The summed E-state index contributed by atoms with van der Waals surface area (Å²) in [5, 5.41) is 2.89. The highest BCUT2D eigenvalue weighted by Gasteiger charge is 2.06. The minimum atomic E-state index is -0.0784. The van der Waals surface area contributed by atoms with E-state index in [1.165, 1.54) is 0 Å². The topological polar surface area (TPSA) is 29.1 Å². The molecular formula is C15H14BrNOS. The van der Waals surface area contributed by atoms with Gasteiger partial charge in [0.25, 0.3) is 5.91 Å². The Kier molecular flexibility index (Phi) is 5.05. The summed E-state index contributed by atoms with van der Waals surface area (Å²) in [7, 11) is 0. The van der Waals surface area contributed by atoms with Gasteiger partial charge in [-0.2, -0.15) is 11.8 Å². The van der Waals surface area contributed by atoms with Crippen LogP contribution >= 0.6 is 27.7 Å². The number of nitrogens with one attached hydrogen (secondary N) is 1. The number of rotatable bonds is 4. The van der Waals surface area contributed by atoms with Crippen LogP contribution in [0.1, 0.15) is 15.9 Å². The lowest BCUT2D eigenvalue weighted by Crippen LogP contribution is -2.11. The van der Waals surface area contributed by atoms with E-state index in [0.717, 1.165) is 21.5 Å². The van der Waals surface area contributed by atoms with E-state index in [1.54, 1.807) is 11.8 Å². The summed E-state index contributed by atoms with van der Waals surface area (Å²) in [6.07, 6.45) is 2.05. The molecule has 4 heteroatoms. The molecule has 0 aromatic heterocycles. The maximum absolute atomic E-state index is 12.1. The van der Waals surface area contributed by atoms with Crippen molar-refractivity contribution in [1.29, 1.82) is 0 Å². The van der Waals surface area contributed by atoms with Gasteiger partial charge in [-0.1, -0.05) is 28.1 Å². The van der Waals surface area contributed by atoms with E-state index in [1.807, 2.05) is 48.5 Å². The normalized spacial score (nSPS) is 10.2. The maximum atomic E-state index is 12.1. The smallest absolute Gasteiger partial charge is 0.255 e. The van der Waals surface area contributed by atoms with Crippen LogP contribution < -0.4 is 5.32 Å². The third-order valence-electron chi connectivity index (χ3n) is 2.60. The average molecular weight is 336 g/mol. The van der Waals surface area contributed by atoms with Gasteiger partial charge in [0, 0.05) is 21.5 Å². The molecule has 0 atom stereocenters. The number of benzene rings is 2. The van der Waals surface area contributed by atoms with Crippen molar-refractivity contribution in [2.45, 2.75) is 5.75 Å². The van der Waals surface area contributed by atoms with Gasteiger partial charge in [0.1, 0.15) is 0 Å². The van der Waals surface area contributed by atoms with Crippen LogP contribution in [-0.2, 0) is 5.75 Å². The second-order valence-corrected chi connectivity index (χ2v) is 5.88. The van der Waals surface area contributed by atoms with Gasteiger partial charge in [0.15, 0.2) is 0 Å². The zero-order valence-corrected chi connectivity index (χ0v) is 12.9. The van der Waals surface area contributed by atoms with Crippen molar-refractivity contribution < 1.29 is 4.79 Å². The fourth-order valence-electron chi connectivity index (χ4n) is 1.71. The fourth-order valence-corrected chi connectivity index (χ4v) is 2.48. The molecule has 0 bridgehead atoms. The fraction of sp³-hybridized carbons (Fsp3) is 0.133. The summed E-state index contributed by atoms with van der Waals surface area (Å²) in [4.78, 5) is 12.1. The Labute approximate surface area is 125 Å². The molecular weight excluding hydrogens is 322 g/mol. The summed E-state index contributed by atoms with van der Waals surface area (Å²) in [5.41, 5.74) is 2.65. The molecule has 0 saturated heterocycles. The van der Waals surface area contributed by atoms with Crippen molar-refractivity contribution in [2.24, 2.45) is 0 Å². The number of hydrogen-bond acceptors (Lipinski definition) is 2. The lowest BCUT2D eigenvalue weighted by atomic mass is 10.1. The van der Waals surface area contributed by atoms with Crippen LogP contribution in [0.5, 0.6) is 0 Å². The van der Waals surface area contributed by atoms with Crippen LogP contribution in [0.25, 0.3) is 0 Å². The molecule has 0 heterocycles. The van der Waals surface area contributed by atoms with E-state index < -0.39 is 0 Å². The molecule has 0 fully saturated rings. The lowest BCUT2D eigenvalue weighted by Gasteiger charge is -2.06. The number of anilines is 1. The number of carbonyl (C=O) groups excluding carboxylic acids is 1. The summed E-state index contributed by atoms with van der Waals surface area (Å²) < 4.78 is 0.993. The standard InChI is InChI=1S/C15H14BrNOS/c1-19-10-11-3-2-4-12(9-11)15(18)17-14-7-5-13(16)6-8-14/h2-9H,10H2,1H3,(H,17,18). The van der Waals surface area contributed by atoms with E-state index in [0.29, 0.717) is 5.56 Å². The molecule has 0 aliphatic carbocycles. The van der Waals surface area contributed by atoms with E-state index in [9.17, 15) is 4.79 Å². The quantitative estimate of drug-likeness (QED) is 0.886. The van der Waals surface area contributed by atoms with Gasteiger partial charge in [-0.25, -0.2) is 0 Å². The molecule has 0 saturated carbocycles. The summed E-state index contributed by atoms with van der Waals surface area (Å²) >= 11 is 5.11. The Morgan fingerprint density at radius 1 is 1.21 bits per heavy atom. The van der Waals surface area contributed by atoms with Crippen LogP contribution in [0.4, 0.5) is 5.69 Å². The van der Waals surface area contributed by atoms with Crippen LogP contribution in [0.2, 0.25) is 0 Å². The molecule has 0 radical (unpaired) electrons. The van der Waals surface area contributed by atoms with E-state index >= 15 is 0 Å². The number of amides is 1. The van der Waals surface area contributed by atoms with Gasteiger partial charge in [-0.3, -0.25) is 4.79 Å². The van der Waals surface area contributed by atoms with Gasteiger partial charge >= 0.3 is 0 Å². The molecule has 2 aromatic carbocycles. The monoisotopic (exact) mass is 335 g/mol. The Balaban J connectivity index is 2.11. The molecule has 1 amide bonds. The Hall–Kier alpha value is -1.26. The number of hydrogen-bond donors (Lipinski definition) is 1. The van der Waals surface area contributed by atoms with Crippen LogP contribution in [-0.4, -0.2) is 12.2 Å². The Morgan fingerprint density at radius 3 is 2.63 bits per heavy atom. The number of carbonyl (C=O) groups is 1. The van der Waals surface area contributed by atoms with Gasteiger partial charge in [0.05, 0.1) is 0 Å². The zero-order chi connectivity index (χ0) is 13.7. The summed E-state index contributed by atoms with van der Waals surface area (Å²) in [6, 6.07) is 15.3. The van der Waals surface area contributed by atoms with Gasteiger partial charge in [0.2, 0.25) is 0 Å². The first kappa shape index (κ1) is 14.2. The van der Waals surface area contributed by atoms with Gasteiger partial charge in [-0.15, -0.1) is 0 Å². The number of halogens is 1. The molecule has 2 rings (SSSR count). The van der Waals surface area contributed by atoms with Crippen LogP contribution in [0.15, 0.2) is 53.0 Å². The molecule has 0 aliphatic rings. The van der Waals surface area contributed by atoms with Crippen LogP contribution in [0.3, 0.4) is 0 Å². The lowest BCUT2D eigenvalue weighted by molar-refractivity contribution is 0.102. The first-order valence-corrected chi connectivity index (χ1v) is 8.02. The highest BCUT2D eigenvalue weighted by molar-refractivity contribution is 9.10. The third-order valence-corrected chi connectivity index (χ3v) is 3.75. The highest BCUT2D eigenvalue weighted by Crippen LogP contribution is 2.16. The molecule has 1 N–H and O–H groups in total. The summed E-state index contributed by atoms with van der Waals surface area (Å²) in [5.74, 6) is 0.838. The van der Waals surface area contributed by atoms with E-state index in [-0.39, 0.29) is 5.91 Å². The van der Waals surface area contributed by atoms with Crippen LogP contribution in [0, 0.1) is 0 Å². The van der Waals surface area contributed by atoms with Crippen molar-refractivity contribution in [3.8, 4) is 0 Å². The second kappa shape index (κ2) is 6.78. The second-order valence-electron chi connectivity index (χ2n) is 4.09. The predicted octanol–water partition coefficient (Wildman–Crippen LogP) is 4.56. The first-order chi connectivity index (χ1) is 9.19. The highest BCUT2D eigenvalue weighted by atomic mass is 79.9. The molecule has 98 valence electrons. The van der Waals surface area contributed by atoms with Crippen molar-refractivity contribution in [3.05, 3.63) is 64.1 Å². The number of thioether (sulfide) groups is 1. The van der Waals surface area contributed by atoms with E-state index in [4.69, 9.17) is 0 Å².